The van der Waals surface area contributed by atoms with E-state index in [0.29, 0.717) is 5.92 Å². The number of hydrogen-bond acceptors (Lipinski definition) is 4. The molecule has 0 bridgehead atoms. The molecule has 0 aromatic carbocycles. The van der Waals surface area contributed by atoms with Crippen LogP contribution in [0.4, 0.5) is 0 Å². The third kappa shape index (κ3) is 9.09. The van der Waals surface area contributed by atoms with Crippen LogP contribution in [0.5, 0.6) is 0 Å². The summed E-state index contributed by atoms with van der Waals surface area (Å²) in [6.07, 6.45) is 1.09. The molecule has 0 saturated carbocycles. The Kier molecular flexibility index (Phi) is 11.2. The Bertz CT molecular complexity index is 145. The Hall–Kier alpha value is -0.160. The molecule has 1 unspecified atom stereocenters. The molecule has 0 amide bonds. The maximum Gasteiger partial charge on any atom is 0.0589 e. The molecular weight excluding hydrogens is 204 g/mol. The SMILES string of the molecule is CNCC(C)CN(CCCOC)CCOC. The van der Waals surface area contributed by atoms with Crippen LogP contribution < -0.4 is 5.32 Å². The first-order valence-corrected chi connectivity index (χ1v) is 6.09. The fourth-order valence-electron chi connectivity index (χ4n) is 1.80. The summed E-state index contributed by atoms with van der Waals surface area (Å²) in [4.78, 5) is 2.45. The predicted molar refractivity (Wildman–Crippen MR) is 67.9 cm³/mol. The zero-order valence-electron chi connectivity index (χ0n) is 11.3. The minimum atomic E-state index is 0.671. The van der Waals surface area contributed by atoms with E-state index in [1.165, 1.54) is 0 Å². The third-order valence-electron chi connectivity index (χ3n) is 2.56. The Morgan fingerprint density at radius 1 is 1.12 bits per heavy atom. The summed E-state index contributed by atoms with van der Waals surface area (Å²) in [6.45, 7) is 8.19. The molecule has 0 aliphatic carbocycles. The molecule has 1 atom stereocenters. The van der Waals surface area contributed by atoms with Gasteiger partial charge in [-0.15, -0.1) is 0 Å². The van der Waals surface area contributed by atoms with Crippen LogP contribution in [0.3, 0.4) is 0 Å². The lowest BCUT2D eigenvalue weighted by Gasteiger charge is -2.25. The van der Waals surface area contributed by atoms with E-state index in [1.807, 2.05) is 7.05 Å². The zero-order valence-corrected chi connectivity index (χ0v) is 11.3. The maximum absolute atomic E-state index is 5.13. The Morgan fingerprint density at radius 2 is 1.81 bits per heavy atom. The zero-order chi connectivity index (χ0) is 12.2. The van der Waals surface area contributed by atoms with Crippen LogP contribution in [0, 0.1) is 5.92 Å². The maximum atomic E-state index is 5.13. The molecular formula is C12H28N2O2. The molecule has 0 aromatic heterocycles. The summed E-state index contributed by atoms with van der Waals surface area (Å²) in [5, 5.41) is 3.21. The minimum absolute atomic E-state index is 0.671. The number of nitrogens with zero attached hydrogens (tertiary/aromatic N) is 1. The van der Waals surface area contributed by atoms with Crippen LogP contribution in [0.25, 0.3) is 0 Å². The molecule has 0 rings (SSSR count). The van der Waals surface area contributed by atoms with E-state index in [9.17, 15) is 0 Å². The van der Waals surface area contributed by atoms with E-state index in [-0.39, 0.29) is 0 Å². The van der Waals surface area contributed by atoms with Crippen LogP contribution in [0.1, 0.15) is 13.3 Å². The van der Waals surface area contributed by atoms with Crippen molar-refractivity contribution < 1.29 is 9.47 Å². The lowest BCUT2D eigenvalue weighted by atomic mass is 10.1. The molecule has 0 heterocycles. The van der Waals surface area contributed by atoms with Gasteiger partial charge in [0, 0.05) is 40.5 Å². The van der Waals surface area contributed by atoms with Crippen molar-refractivity contribution in [1.29, 1.82) is 0 Å². The second-order valence-electron chi connectivity index (χ2n) is 4.30. The van der Waals surface area contributed by atoms with Gasteiger partial charge in [-0.25, -0.2) is 0 Å². The molecule has 16 heavy (non-hydrogen) atoms. The topological polar surface area (TPSA) is 33.7 Å². The number of nitrogens with one attached hydrogen (secondary N) is 1. The van der Waals surface area contributed by atoms with Gasteiger partial charge >= 0.3 is 0 Å². The van der Waals surface area contributed by atoms with Crippen LogP contribution in [0.15, 0.2) is 0 Å². The van der Waals surface area contributed by atoms with E-state index >= 15 is 0 Å². The van der Waals surface area contributed by atoms with Crippen molar-refractivity contribution in [3.8, 4) is 0 Å². The van der Waals surface area contributed by atoms with Crippen LogP contribution in [0.2, 0.25) is 0 Å². The fourth-order valence-corrected chi connectivity index (χ4v) is 1.80. The second-order valence-corrected chi connectivity index (χ2v) is 4.30. The van der Waals surface area contributed by atoms with E-state index in [4.69, 9.17) is 9.47 Å². The summed E-state index contributed by atoms with van der Waals surface area (Å²) < 4.78 is 10.2. The van der Waals surface area contributed by atoms with E-state index in [2.05, 4.69) is 17.1 Å². The van der Waals surface area contributed by atoms with Crippen molar-refractivity contribution in [1.82, 2.24) is 10.2 Å². The van der Waals surface area contributed by atoms with Crippen molar-refractivity contribution >= 4 is 0 Å². The minimum Gasteiger partial charge on any atom is -0.385 e. The van der Waals surface area contributed by atoms with Crippen molar-refractivity contribution in [2.45, 2.75) is 13.3 Å². The van der Waals surface area contributed by atoms with E-state index in [0.717, 1.165) is 45.8 Å². The van der Waals surface area contributed by atoms with Gasteiger partial charge in [-0.1, -0.05) is 6.92 Å². The average Bonchev–Trinajstić information content (AvgIpc) is 2.26. The summed E-state index contributed by atoms with van der Waals surface area (Å²) in [6, 6.07) is 0. The molecule has 98 valence electrons. The van der Waals surface area contributed by atoms with Gasteiger partial charge in [0.15, 0.2) is 0 Å². The van der Waals surface area contributed by atoms with Gasteiger partial charge in [0.1, 0.15) is 0 Å². The largest absolute Gasteiger partial charge is 0.385 e. The number of rotatable bonds is 11. The van der Waals surface area contributed by atoms with Crippen LogP contribution in [-0.2, 0) is 9.47 Å². The standard InChI is InChI=1S/C12H28N2O2/c1-12(10-13-2)11-14(7-9-16-4)6-5-8-15-3/h12-13H,5-11H2,1-4H3. The molecule has 0 radical (unpaired) electrons. The predicted octanol–water partition coefficient (Wildman–Crippen LogP) is 0.827. The van der Waals surface area contributed by atoms with E-state index < -0.39 is 0 Å². The quantitative estimate of drug-likeness (QED) is 0.535. The molecule has 0 aliphatic rings. The van der Waals surface area contributed by atoms with Gasteiger partial charge in [0.2, 0.25) is 0 Å². The monoisotopic (exact) mass is 232 g/mol. The highest BCUT2D eigenvalue weighted by atomic mass is 16.5. The molecule has 0 saturated heterocycles. The summed E-state index contributed by atoms with van der Waals surface area (Å²) in [5.41, 5.74) is 0. The lowest BCUT2D eigenvalue weighted by molar-refractivity contribution is 0.124. The smallest absolute Gasteiger partial charge is 0.0589 e. The Morgan fingerprint density at radius 3 is 2.38 bits per heavy atom. The molecule has 0 spiro atoms. The number of ether oxygens (including phenoxy) is 2. The first-order chi connectivity index (χ1) is 7.74. The van der Waals surface area contributed by atoms with Crippen LogP contribution in [-0.4, -0.2) is 65.6 Å². The lowest BCUT2D eigenvalue weighted by Crippen LogP contribution is -2.35. The fraction of sp³-hybridized carbons (Fsp3) is 1.00. The molecule has 4 heteroatoms. The van der Waals surface area contributed by atoms with Crippen molar-refractivity contribution in [3.05, 3.63) is 0 Å². The first-order valence-electron chi connectivity index (χ1n) is 6.09. The molecule has 0 fully saturated rings. The highest BCUT2D eigenvalue weighted by Crippen LogP contribution is 2.00. The summed E-state index contributed by atoms with van der Waals surface area (Å²) in [7, 11) is 5.51. The number of methoxy groups -OCH3 is 2. The van der Waals surface area contributed by atoms with Gasteiger partial charge in [-0.2, -0.15) is 0 Å². The Balaban J connectivity index is 3.78. The molecule has 4 nitrogen and oxygen atoms in total. The Labute approximate surface area is 100 Å². The van der Waals surface area contributed by atoms with E-state index in [1.54, 1.807) is 14.2 Å². The van der Waals surface area contributed by atoms with Gasteiger partial charge in [-0.3, -0.25) is 0 Å². The van der Waals surface area contributed by atoms with Crippen molar-refractivity contribution in [2.24, 2.45) is 5.92 Å². The second kappa shape index (κ2) is 11.3. The van der Waals surface area contributed by atoms with Gasteiger partial charge < -0.3 is 19.7 Å². The molecule has 1 N–H and O–H groups in total. The number of hydrogen-bond donors (Lipinski definition) is 1. The van der Waals surface area contributed by atoms with Gasteiger partial charge in [0.25, 0.3) is 0 Å². The van der Waals surface area contributed by atoms with Gasteiger partial charge in [-0.05, 0) is 25.9 Å². The molecule has 0 aromatic rings. The highest BCUT2D eigenvalue weighted by Gasteiger charge is 2.09. The van der Waals surface area contributed by atoms with Crippen LogP contribution >= 0.6 is 0 Å². The molecule has 0 aliphatic heterocycles. The summed E-state index contributed by atoms with van der Waals surface area (Å²) in [5.74, 6) is 0.671. The highest BCUT2D eigenvalue weighted by molar-refractivity contribution is 4.64. The van der Waals surface area contributed by atoms with Gasteiger partial charge in [0.05, 0.1) is 6.61 Å². The van der Waals surface area contributed by atoms with Crippen molar-refractivity contribution in [2.75, 3.05) is 60.7 Å². The summed E-state index contributed by atoms with van der Waals surface area (Å²) >= 11 is 0. The van der Waals surface area contributed by atoms with Crippen molar-refractivity contribution in [3.63, 3.8) is 0 Å². The third-order valence-corrected chi connectivity index (χ3v) is 2.56. The average molecular weight is 232 g/mol. The normalized spacial score (nSPS) is 13.3. The first kappa shape index (κ1) is 15.8.